The zero-order valence-electron chi connectivity index (χ0n) is 13.1. The zero-order chi connectivity index (χ0) is 15.2. The lowest BCUT2D eigenvalue weighted by Gasteiger charge is -2.29. The van der Waals surface area contributed by atoms with Gasteiger partial charge < -0.3 is 16.0 Å². The molecule has 4 heteroatoms. The molecule has 1 unspecified atom stereocenters. The Bertz CT molecular complexity index is 450. The van der Waals surface area contributed by atoms with E-state index in [2.05, 4.69) is 22.3 Å². The maximum Gasteiger partial charge on any atom is 0.229 e. The Labute approximate surface area is 127 Å². The van der Waals surface area contributed by atoms with Gasteiger partial charge in [0.25, 0.3) is 0 Å². The number of carbonyl (C=O) groups is 1. The van der Waals surface area contributed by atoms with Gasteiger partial charge >= 0.3 is 0 Å². The molecule has 1 aliphatic rings. The summed E-state index contributed by atoms with van der Waals surface area (Å²) in [5.74, 6) is 0.132. The van der Waals surface area contributed by atoms with Crippen LogP contribution in [0.15, 0.2) is 24.3 Å². The first-order valence-electron chi connectivity index (χ1n) is 7.97. The molecule has 0 radical (unpaired) electrons. The van der Waals surface area contributed by atoms with E-state index >= 15 is 0 Å². The van der Waals surface area contributed by atoms with E-state index in [1.54, 1.807) is 0 Å². The van der Waals surface area contributed by atoms with E-state index < -0.39 is 0 Å². The van der Waals surface area contributed by atoms with Crippen molar-refractivity contribution >= 4 is 17.3 Å². The molecular weight excluding hydrogens is 262 g/mol. The number of rotatable bonds is 5. The molecule has 4 nitrogen and oxygen atoms in total. The molecule has 1 saturated heterocycles. The van der Waals surface area contributed by atoms with Crippen LogP contribution in [0.5, 0.6) is 0 Å². The largest absolute Gasteiger partial charge is 0.372 e. The summed E-state index contributed by atoms with van der Waals surface area (Å²) in [4.78, 5) is 14.6. The maximum absolute atomic E-state index is 12.2. The molecule has 1 aromatic carbocycles. The molecule has 1 aromatic rings. The number of hydrogen-bond acceptors (Lipinski definition) is 3. The van der Waals surface area contributed by atoms with Gasteiger partial charge in [-0.1, -0.05) is 13.8 Å². The van der Waals surface area contributed by atoms with Gasteiger partial charge in [-0.2, -0.15) is 0 Å². The fraction of sp³-hybridized carbons (Fsp3) is 0.588. The van der Waals surface area contributed by atoms with E-state index in [1.165, 1.54) is 24.9 Å². The molecule has 1 atom stereocenters. The second-order valence-electron chi connectivity index (χ2n) is 6.17. The molecule has 1 amide bonds. The Balaban J connectivity index is 1.97. The molecule has 0 saturated carbocycles. The van der Waals surface area contributed by atoms with Crippen LogP contribution in [0.1, 0.15) is 33.1 Å². The Hall–Kier alpha value is -1.55. The van der Waals surface area contributed by atoms with Gasteiger partial charge in [-0.3, -0.25) is 4.79 Å². The van der Waals surface area contributed by atoms with Gasteiger partial charge in [0.1, 0.15) is 0 Å². The van der Waals surface area contributed by atoms with Gasteiger partial charge in [0.05, 0.1) is 5.92 Å². The SMILES string of the molecule is CC(C)C(CN)C(=O)Nc1ccc(N2CCCCC2)cc1. The summed E-state index contributed by atoms with van der Waals surface area (Å²) in [6.45, 7) is 6.70. The molecule has 1 fully saturated rings. The summed E-state index contributed by atoms with van der Waals surface area (Å²) in [5, 5.41) is 2.97. The number of nitrogens with zero attached hydrogens (tertiary/aromatic N) is 1. The number of amides is 1. The number of carbonyl (C=O) groups excluding carboxylic acids is 1. The monoisotopic (exact) mass is 289 g/mol. The van der Waals surface area contributed by atoms with Crippen LogP contribution in [0.4, 0.5) is 11.4 Å². The van der Waals surface area contributed by atoms with Crippen molar-refractivity contribution in [2.24, 2.45) is 17.6 Å². The molecule has 1 aliphatic heterocycles. The van der Waals surface area contributed by atoms with Crippen LogP contribution in [0.3, 0.4) is 0 Å². The normalized spacial score (nSPS) is 16.9. The van der Waals surface area contributed by atoms with Crippen molar-refractivity contribution in [2.45, 2.75) is 33.1 Å². The van der Waals surface area contributed by atoms with Crippen LogP contribution in [0, 0.1) is 11.8 Å². The predicted octanol–water partition coefficient (Wildman–Crippen LogP) is 2.85. The number of anilines is 2. The second-order valence-corrected chi connectivity index (χ2v) is 6.17. The van der Waals surface area contributed by atoms with Crippen LogP contribution in [0.2, 0.25) is 0 Å². The van der Waals surface area contributed by atoms with Crippen molar-refractivity contribution in [2.75, 3.05) is 29.9 Å². The Morgan fingerprint density at radius 2 is 1.81 bits per heavy atom. The Kier molecular flexibility index (Phi) is 5.62. The number of piperidine rings is 1. The summed E-state index contributed by atoms with van der Waals surface area (Å²) in [6, 6.07) is 8.15. The summed E-state index contributed by atoms with van der Waals surface area (Å²) in [6.07, 6.45) is 3.87. The number of nitrogens with two attached hydrogens (primary N) is 1. The molecule has 0 aromatic heterocycles. The van der Waals surface area contributed by atoms with E-state index in [9.17, 15) is 4.79 Å². The number of benzene rings is 1. The van der Waals surface area contributed by atoms with Crippen molar-refractivity contribution in [3.05, 3.63) is 24.3 Å². The van der Waals surface area contributed by atoms with Crippen LogP contribution in [-0.2, 0) is 4.79 Å². The van der Waals surface area contributed by atoms with Gasteiger partial charge in [-0.25, -0.2) is 0 Å². The number of nitrogens with one attached hydrogen (secondary N) is 1. The Morgan fingerprint density at radius 1 is 1.19 bits per heavy atom. The Morgan fingerprint density at radius 3 is 2.33 bits per heavy atom. The first kappa shape index (κ1) is 15.8. The average Bonchev–Trinajstić information content (AvgIpc) is 2.49. The standard InChI is InChI=1S/C17H27N3O/c1-13(2)16(12-18)17(21)19-14-6-8-15(9-7-14)20-10-4-3-5-11-20/h6-9,13,16H,3-5,10-12,18H2,1-2H3,(H,19,21). The lowest BCUT2D eigenvalue weighted by Crippen LogP contribution is -2.33. The molecular formula is C17H27N3O. The molecule has 0 bridgehead atoms. The van der Waals surface area contributed by atoms with E-state index in [0.717, 1.165) is 18.8 Å². The summed E-state index contributed by atoms with van der Waals surface area (Å²) < 4.78 is 0. The first-order chi connectivity index (χ1) is 10.1. The fourth-order valence-electron chi connectivity index (χ4n) is 2.82. The van der Waals surface area contributed by atoms with E-state index in [-0.39, 0.29) is 17.7 Å². The smallest absolute Gasteiger partial charge is 0.229 e. The van der Waals surface area contributed by atoms with Crippen molar-refractivity contribution in [3.63, 3.8) is 0 Å². The van der Waals surface area contributed by atoms with E-state index in [1.807, 2.05) is 26.0 Å². The third-order valence-corrected chi connectivity index (χ3v) is 4.25. The molecule has 0 aliphatic carbocycles. The fourth-order valence-corrected chi connectivity index (χ4v) is 2.82. The summed E-state index contributed by atoms with van der Waals surface area (Å²) in [7, 11) is 0. The lowest BCUT2D eigenvalue weighted by molar-refractivity contribution is -0.120. The minimum absolute atomic E-state index is 0.0122. The molecule has 21 heavy (non-hydrogen) atoms. The molecule has 1 heterocycles. The van der Waals surface area contributed by atoms with Crippen LogP contribution >= 0.6 is 0 Å². The van der Waals surface area contributed by atoms with Crippen molar-refractivity contribution in [1.29, 1.82) is 0 Å². The number of hydrogen-bond donors (Lipinski definition) is 2. The minimum Gasteiger partial charge on any atom is -0.372 e. The highest BCUT2D eigenvalue weighted by Gasteiger charge is 2.20. The third kappa shape index (κ3) is 4.21. The minimum atomic E-state index is -0.133. The van der Waals surface area contributed by atoms with E-state index in [4.69, 9.17) is 5.73 Å². The van der Waals surface area contributed by atoms with Crippen LogP contribution in [0.25, 0.3) is 0 Å². The predicted molar refractivity (Wildman–Crippen MR) is 88.5 cm³/mol. The highest BCUT2D eigenvalue weighted by atomic mass is 16.1. The highest BCUT2D eigenvalue weighted by Crippen LogP contribution is 2.22. The van der Waals surface area contributed by atoms with Gasteiger partial charge in [-0.15, -0.1) is 0 Å². The average molecular weight is 289 g/mol. The summed E-state index contributed by atoms with van der Waals surface area (Å²) in [5.41, 5.74) is 7.77. The molecule has 2 rings (SSSR count). The van der Waals surface area contributed by atoms with E-state index in [0.29, 0.717) is 6.54 Å². The third-order valence-electron chi connectivity index (χ3n) is 4.25. The quantitative estimate of drug-likeness (QED) is 0.876. The molecule has 0 spiro atoms. The van der Waals surface area contributed by atoms with Crippen LogP contribution < -0.4 is 16.0 Å². The molecule has 3 N–H and O–H groups in total. The maximum atomic E-state index is 12.2. The highest BCUT2D eigenvalue weighted by molar-refractivity contribution is 5.93. The van der Waals surface area contributed by atoms with Gasteiger partial charge in [0.2, 0.25) is 5.91 Å². The van der Waals surface area contributed by atoms with Gasteiger partial charge in [0.15, 0.2) is 0 Å². The summed E-state index contributed by atoms with van der Waals surface area (Å²) >= 11 is 0. The van der Waals surface area contributed by atoms with Gasteiger partial charge in [-0.05, 0) is 49.4 Å². The first-order valence-corrected chi connectivity index (χ1v) is 7.97. The van der Waals surface area contributed by atoms with Crippen molar-refractivity contribution in [3.8, 4) is 0 Å². The molecule has 116 valence electrons. The topological polar surface area (TPSA) is 58.4 Å². The van der Waals surface area contributed by atoms with Crippen LogP contribution in [-0.4, -0.2) is 25.5 Å². The zero-order valence-corrected chi connectivity index (χ0v) is 13.1. The second kappa shape index (κ2) is 7.46. The lowest BCUT2D eigenvalue weighted by atomic mass is 9.95. The van der Waals surface area contributed by atoms with Gasteiger partial charge in [0, 0.05) is 31.0 Å². The van der Waals surface area contributed by atoms with Crippen molar-refractivity contribution in [1.82, 2.24) is 0 Å². The van der Waals surface area contributed by atoms with Crippen molar-refractivity contribution < 1.29 is 4.79 Å².